The summed E-state index contributed by atoms with van der Waals surface area (Å²) < 4.78 is 6.66. The van der Waals surface area contributed by atoms with Gasteiger partial charge in [0.1, 0.15) is 5.56 Å². The molecule has 0 N–H and O–H groups in total. The van der Waals surface area contributed by atoms with Gasteiger partial charge in [-0.1, -0.05) is 0 Å². The Hall–Kier alpha value is -2.21. The summed E-state index contributed by atoms with van der Waals surface area (Å²) in [6, 6.07) is 3.88. The summed E-state index contributed by atoms with van der Waals surface area (Å²) in [7, 11) is 0. The van der Waals surface area contributed by atoms with Crippen LogP contribution in [-0.2, 0) is 4.74 Å². The van der Waals surface area contributed by atoms with Gasteiger partial charge in [0.25, 0.3) is 0 Å². The van der Waals surface area contributed by atoms with Crippen molar-refractivity contribution in [3.05, 3.63) is 40.8 Å². The van der Waals surface area contributed by atoms with Crippen LogP contribution in [0.3, 0.4) is 0 Å². The van der Waals surface area contributed by atoms with Gasteiger partial charge in [-0.25, -0.2) is 14.3 Å². The molecule has 0 unspecified atom stereocenters. The van der Waals surface area contributed by atoms with Crippen molar-refractivity contribution in [2.75, 3.05) is 6.61 Å². The molecule has 3 aromatic heterocycles. The van der Waals surface area contributed by atoms with Crippen LogP contribution in [-0.4, -0.2) is 27.2 Å². The van der Waals surface area contributed by atoms with Crippen molar-refractivity contribution >= 4 is 23.0 Å². The maximum absolute atomic E-state index is 11.8. The number of hydrogen-bond donors (Lipinski definition) is 0. The molecule has 0 amide bonds. The third-order valence-corrected chi connectivity index (χ3v) is 3.40. The van der Waals surface area contributed by atoms with Crippen molar-refractivity contribution < 1.29 is 9.53 Å². The molecule has 0 spiro atoms. The van der Waals surface area contributed by atoms with Crippen LogP contribution >= 0.6 is 11.3 Å². The molecule has 5 nitrogen and oxygen atoms in total. The average Bonchev–Trinajstić information content (AvgIpc) is 3.08. The number of carbonyl (C=O) groups is 1. The minimum Gasteiger partial charge on any atom is -0.462 e. The molecule has 3 rings (SSSR count). The number of ether oxygens (including phenoxy) is 1. The van der Waals surface area contributed by atoms with Gasteiger partial charge in [0.15, 0.2) is 5.65 Å². The van der Waals surface area contributed by atoms with Crippen LogP contribution in [0.2, 0.25) is 0 Å². The van der Waals surface area contributed by atoms with Gasteiger partial charge in [0.05, 0.1) is 18.5 Å². The van der Waals surface area contributed by atoms with Gasteiger partial charge in [0.2, 0.25) is 0 Å². The first kappa shape index (κ1) is 11.9. The Bertz CT molecular complexity index is 719. The molecule has 0 aromatic carbocycles. The van der Waals surface area contributed by atoms with Crippen LogP contribution in [0.5, 0.6) is 0 Å². The maximum Gasteiger partial charge on any atom is 0.343 e. The summed E-state index contributed by atoms with van der Waals surface area (Å²) in [6.07, 6.45) is 3.17. The number of fused-ring (bicyclic) bond motifs is 1. The lowest BCUT2D eigenvalue weighted by Crippen LogP contribution is -2.05. The van der Waals surface area contributed by atoms with E-state index in [9.17, 15) is 4.79 Å². The first-order chi connectivity index (χ1) is 9.31. The van der Waals surface area contributed by atoms with Crippen LogP contribution in [0.1, 0.15) is 17.3 Å². The van der Waals surface area contributed by atoms with Crippen LogP contribution in [0.15, 0.2) is 35.3 Å². The Labute approximate surface area is 113 Å². The number of carbonyl (C=O) groups excluding carboxylic acids is 1. The lowest BCUT2D eigenvalue weighted by molar-refractivity contribution is 0.0528. The van der Waals surface area contributed by atoms with E-state index in [1.165, 1.54) is 6.20 Å². The topological polar surface area (TPSA) is 56.5 Å². The van der Waals surface area contributed by atoms with Gasteiger partial charge in [-0.2, -0.15) is 16.4 Å². The molecule has 0 saturated heterocycles. The minimum atomic E-state index is -0.396. The first-order valence-electron chi connectivity index (χ1n) is 5.83. The van der Waals surface area contributed by atoms with Gasteiger partial charge in [-0.15, -0.1) is 0 Å². The highest BCUT2D eigenvalue weighted by Crippen LogP contribution is 2.23. The number of rotatable bonds is 3. The Morgan fingerprint density at radius 2 is 2.37 bits per heavy atom. The number of thiophene rings is 1. The van der Waals surface area contributed by atoms with E-state index in [1.54, 1.807) is 29.0 Å². The van der Waals surface area contributed by atoms with Crippen molar-refractivity contribution in [1.82, 2.24) is 14.6 Å². The summed E-state index contributed by atoms with van der Waals surface area (Å²) in [5.74, 6) is -0.396. The van der Waals surface area contributed by atoms with E-state index in [4.69, 9.17) is 4.74 Å². The smallest absolute Gasteiger partial charge is 0.343 e. The number of hydrogen-bond acceptors (Lipinski definition) is 5. The normalized spacial score (nSPS) is 10.8. The largest absolute Gasteiger partial charge is 0.462 e. The molecule has 0 radical (unpaired) electrons. The van der Waals surface area contributed by atoms with Gasteiger partial charge in [-0.3, -0.25) is 0 Å². The van der Waals surface area contributed by atoms with E-state index in [1.807, 2.05) is 22.9 Å². The summed E-state index contributed by atoms with van der Waals surface area (Å²) in [5, 5.41) is 8.26. The van der Waals surface area contributed by atoms with Crippen LogP contribution in [0.25, 0.3) is 16.9 Å². The zero-order chi connectivity index (χ0) is 13.2. The van der Waals surface area contributed by atoms with Gasteiger partial charge in [0, 0.05) is 17.1 Å². The van der Waals surface area contributed by atoms with Crippen LogP contribution in [0, 0.1) is 0 Å². The van der Waals surface area contributed by atoms with Crippen molar-refractivity contribution in [2.24, 2.45) is 0 Å². The number of esters is 1. The molecule has 3 aromatic rings. The van der Waals surface area contributed by atoms with Gasteiger partial charge in [-0.05, 0) is 24.4 Å². The zero-order valence-electron chi connectivity index (χ0n) is 10.2. The highest BCUT2D eigenvalue weighted by Gasteiger charge is 2.16. The first-order valence-corrected chi connectivity index (χ1v) is 6.78. The SMILES string of the molecule is CCOC(=O)c1cnn2c(-c3ccsc3)ccnc12. The molecule has 96 valence electrons. The second-order valence-electron chi connectivity index (χ2n) is 3.86. The highest BCUT2D eigenvalue weighted by atomic mass is 32.1. The minimum absolute atomic E-state index is 0.334. The van der Waals surface area contributed by atoms with E-state index < -0.39 is 5.97 Å². The highest BCUT2D eigenvalue weighted by molar-refractivity contribution is 7.08. The standard InChI is InChI=1S/C13H11N3O2S/c1-2-18-13(17)10-7-15-16-11(3-5-14-12(10)16)9-4-6-19-8-9/h3-8H,2H2,1H3. The lowest BCUT2D eigenvalue weighted by atomic mass is 10.2. The van der Waals surface area contributed by atoms with E-state index >= 15 is 0 Å². The molecule has 0 fully saturated rings. The number of aromatic nitrogens is 3. The summed E-state index contributed by atoms with van der Waals surface area (Å²) in [6.45, 7) is 2.11. The molecular weight excluding hydrogens is 262 g/mol. The Morgan fingerprint density at radius 3 is 3.11 bits per heavy atom. The summed E-state index contributed by atoms with van der Waals surface area (Å²) in [4.78, 5) is 16.0. The molecule has 0 aliphatic carbocycles. The Balaban J connectivity index is 2.16. The Kier molecular flexibility index (Phi) is 3.00. The molecule has 0 atom stereocenters. The van der Waals surface area contributed by atoms with Crippen molar-refractivity contribution in [3.63, 3.8) is 0 Å². The van der Waals surface area contributed by atoms with E-state index in [0.717, 1.165) is 11.3 Å². The fraction of sp³-hybridized carbons (Fsp3) is 0.154. The fourth-order valence-corrected chi connectivity index (χ4v) is 2.52. The third-order valence-electron chi connectivity index (χ3n) is 2.71. The molecule has 19 heavy (non-hydrogen) atoms. The molecule has 0 bridgehead atoms. The molecule has 0 aliphatic rings. The molecule has 6 heteroatoms. The predicted octanol–water partition coefficient (Wildman–Crippen LogP) is 2.63. The number of nitrogens with zero attached hydrogens (tertiary/aromatic N) is 3. The molecule has 3 heterocycles. The molecular formula is C13H11N3O2S. The average molecular weight is 273 g/mol. The quantitative estimate of drug-likeness (QED) is 0.688. The van der Waals surface area contributed by atoms with Crippen LogP contribution < -0.4 is 0 Å². The predicted molar refractivity (Wildman–Crippen MR) is 72.3 cm³/mol. The molecule has 0 aliphatic heterocycles. The van der Waals surface area contributed by atoms with Crippen molar-refractivity contribution in [2.45, 2.75) is 6.92 Å². The summed E-state index contributed by atoms with van der Waals surface area (Å²) in [5.41, 5.74) is 2.86. The van der Waals surface area contributed by atoms with Gasteiger partial charge < -0.3 is 4.74 Å². The fourth-order valence-electron chi connectivity index (χ4n) is 1.87. The van der Waals surface area contributed by atoms with Crippen molar-refractivity contribution in [1.29, 1.82) is 0 Å². The second-order valence-corrected chi connectivity index (χ2v) is 4.64. The van der Waals surface area contributed by atoms with E-state index in [0.29, 0.717) is 17.8 Å². The summed E-state index contributed by atoms with van der Waals surface area (Å²) >= 11 is 1.61. The maximum atomic E-state index is 11.8. The van der Waals surface area contributed by atoms with Gasteiger partial charge >= 0.3 is 5.97 Å². The monoisotopic (exact) mass is 273 g/mol. The van der Waals surface area contributed by atoms with E-state index in [-0.39, 0.29) is 0 Å². The Morgan fingerprint density at radius 1 is 1.47 bits per heavy atom. The zero-order valence-corrected chi connectivity index (χ0v) is 11.1. The second kappa shape index (κ2) is 4.81. The molecule has 0 saturated carbocycles. The lowest BCUT2D eigenvalue weighted by Gasteiger charge is -2.02. The van der Waals surface area contributed by atoms with Crippen LogP contribution in [0.4, 0.5) is 0 Å². The van der Waals surface area contributed by atoms with E-state index in [2.05, 4.69) is 10.1 Å². The van der Waals surface area contributed by atoms with Crippen molar-refractivity contribution in [3.8, 4) is 11.3 Å². The third kappa shape index (κ3) is 2.00.